The molecule has 3 N–H and O–H groups in total. The van der Waals surface area contributed by atoms with Crippen molar-refractivity contribution >= 4 is 35.6 Å². The summed E-state index contributed by atoms with van der Waals surface area (Å²) in [6.45, 7) is 6.42. The van der Waals surface area contributed by atoms with Crippen molar-refractivity contribution in [3.8, 4) is 0 Å². The van der Waals surface area contributed by atoms with Gasteiger partial charge in [-0.3, -0.25) is 5.84 Å². The predicted molar refractivity (Wildman–Crippen MR) is 79.1 cm³/mol. The fourth-order valence-electron chi connectivity index (χ4n) is 1.31. The number of hydrogen-bond acceptors (Lipinski definition) is 3. The molecule has 0 radical (unpaired) electrons. The molecule has 0 aliphatic rings. The zero-order chi connectivity index (χ0) is 13.2. The van der Waals surface area contributed by atoms with Gasteiger partial charge in [0.15, 0.2) is 0 Å². The first-order valence-electron chi connectivity index (χ1n) is 5.35. The van der Waals surface area contributed by atoms with Crippen molar-refractivity contribution in [1.29, 1.82) is 0 Å². The Morgan fingerprint density at radius 1 is 1.22 bits per heavy atom. The minimum absolute atomic E-state index is 0. The fourth-order valence-corrected chi connectivity index (χ4v) is 1.96. The molecule has 0 aliphatic heterocycles. The summed E-state index contributed by atoms with van der Waals surface area (Å²) in [6, 6.07) is 3.42. The molecule has 6 heteroatoms. The highest BCUT2D eigenvalue weighted by atomic mass is 35.5. The van der Waals surface area contributed by atoms with Crippen LogP contribution in [-0.4, -0.2) is 15.7 Å². The first-order chi connectivity index (χ1) is 7.75. The molecule has 0 spiro atoms. The van der Waals surface area contributed by atoms with Crippen LogP contribution in [0.25, 0.3) is 0 Å². The number of aliphatic hydroxyl groups excluding tert-OH is 1. The van der Waals surface area contributed by atoms with Gasteiger partial charge in [-0.2, -0.15) is 0 Å². The smallest absolute Gasteiger partial charge is 0.0682 e. The average molecular weight is 314 g/mol. The number of rotatable bonds is 3. The molecule has 0 saturated heterocycles. The molecular weight excluding hydrogens is 295 g/mol. The van der Waals surface area contributed by atoms with Gasteiger partial charge in [0.25, 0.3) is 0 Å². The monoisotopic (exact) mass is 312 g/mol. The summed E-state index contributed by atoms with van der Waals surface area (Å²) in [5.41, 5.74) is 1.31. The van der Waals surface area contributed by atoms with Crippen molar-refractivity contribution < 1.29 is 5.11 Å². The summed E-state index contributed by atoms with van der Waals surface area (Å²) >= 11 is 12.3. The number of nitrogens with two attached hydrogens (primary N) is 1. The lowest BCUT2D eigenvalue weighted by Gasteiger charge is -2.31. The Morgan fingerprint density at radius 2 is 1.67 bits per heavy atom. The van der Waals surface area contributed by atoms with Crippen LogP contribution in [0.15, 0.2) is 12.1 Å². The Hall–Kier alpha value is -0.0300. The number of benzene rings is 1. The Balaban J connectivity index is 0.00000289. The lowest BCUT2D eigenvalue weighted by Crippen LogP contribution is -2.45. The molecule has 1 aromatic carbocycles. The molecule has 0 fully saturated rings. The quantitative estimate of drug-likeness (QED) is 0.664. The summed E-state index contributed by atoms with van der Waals surface area (Å²) in [4.78, 5) is 0. The molecule has 18 heavy (non-hydrogen) atoms. The minimum atomic E-state index is -0.164. The number of hydrogen-bond donors (Lipinski definition) is 2. The highest BCUT2D eigenvalue weighted by Gasteiger charge is 2.20. The third-order valence-corrected chi connectivity index (χ3v) is 3.25. The fraction of sp³-hybridized carbons (Fsp3) is 0.500. The number of hydrazine groups is 1. The van der Waals surface area contributed by atoms with Crippen molar-refractivity contribution in [3.05, 3.63) is 33.3 Å². The van der Waals surface area contributed by atoms with Crippen LogP contribution in [0.5, 0.6) is 0 Å². The molecule has 0 aromatic heterocycles. The Bertz CT molecular complexity index is 382. The molecule has 0 bridgehead atoms. The summed E-state index contributed by atoms with van der Waals surface area (Å²) in [7, 11) is 0. The van der Waals surface area contributed by atoms with E-state index in [1.165, 1.54) is 0 Å². The maximum absolute atomic E-state index is 9.04. The van der Waals surface area contributed by atoms with Gasteiger partial charge in [0.05, 0.1) is 6.61 Å². The van der Waals surface area contributed by atoms with Gasteiger partial charge < -0.3 is 5.11 Å². The van der Waals surface area contributed by atoms with E-state index in [-0.39, 0.29) is 24.6 Å². The molecule has 0 aliphatic carbocycles. The first-order valence-corrected chi connectivity index (χ1v) is 6.11. The summed E-state index contributed by atoms with van der Waals surface area (Å²) < 4.78 is 0. The first kappa shape index (κ1) is 18.0. The van der Waals surface area contributed by atoms with Crippen molar-refractivity contribution in [1.82, 2.24) is 5.01 Å². The second-order valence-corrected chi connectivity index (χ2v) is 5.81. The number of halogens is 3. The zero-order valence-corrected chi connectivity index (χ0v) is 13.0. The molecule has 1 aromatic rings. The van der Waals surface area contributed by atoms with Crippen LogP contribution in [0.2, 0.25) is 10.0 Å². The van der Waals surface area contributed by atoms with Gasteiger partial charge in [-0.1, -0.05) is 23.2 Å². The van der Waals surface area contributed by atoms with E-state index in [2.05, 4.69) is 0 Å². The van der Waals surface area contributed by atoms with E-state index in [4.69, 9.17) is 34.2 Å². The highest BCUT2D eigenvalue weighted by Crippen LogP contribution is 2.28. The predicted octanol–water partition coefficient (Wildman–Crippen LogP) is 3.38. The van der Waals surface area contributed by atoms with E-state index in [9.17, 15) is 0 Å². The van der Waals surface area contributed by atoms with Crippen LogP contribution in [-0.2, 0) is 13.2 Å². The summed E-state index contributed by atoms with van der Waals surface area (Å²) in [6.07, 6.45) is 0. The molecule has 0 saturated carbocycles. The Labute approximate surface area is 124 Å². The Kier molecular flexibility index (Phi) is 6.93. The van der Waals surface area contributed by atoms with E-state index in [0.29, 0.717) is 22.2 Å². The molecule has 3 nitrogen and oxygen atoms in total. The normalized spacial score (nSPS) is 11.6. The molecule has 0 atom stereocenters. The second kappa shape index (κ2) is 6.94. The van der Waals surface area contributed by atoms with E-state index in [1.54, 1.807) is 17.1 Å². The van der Waals surface area contributed by atoms with Crippen LogP contribution >= 0.6 is 35.6 Å². The third-order valence-electron chi connectivity index (χ3n) is 2.57. The van der Waals surface area contributed by atoms with Gasteiger partial charge in [-0.25, -0.2) is 5.01 Å². The zero-order valence-electron chi connectivity index (χ0n) is 10.7. The molecule has 1 rings (SSSR count). The van der Waals surface area contributed by atoms with Crippen molar-refractivity contribution in [3.63, 3.8) is 0 Å². The minimum Gasteiger partial charge on any atom is -0.392 e. The largest absolute Gasteiger partial charge is 0.392 e. The van der Waals surface area contributed by atoms with E-state index in [1.807, 2.05) is 20.8 Å². The Morgan fingerprint density at radius 3 is 2.00 bits per heavy atom. The van der Waals surface area contributed by atoms with Gasteiger partial charge in [0, 0.05) is 27.7 Å². The lowest BCUT2D eigenvalue weighted by molar-refractivity contribution is 0.130. The van der Waals surface area contributed by atoms with Crippen molar-refractivity contribution in [2.75, 3.05) is 0 Å². The van der Waals surface area contributed by atoms with Crippen molar-refractivity contribution in [2.24, 2.45) is 5.84 Å². The van der Waals surface area contributed by atoms with Crippen LogP contribution in [0, 0.1) is 0 Å². The third kappa shape index (κ3) is 4.57. The van der Waals surface area contributed by atoms with Gasteiger partial charge >= 0.3 is 0 Å². The molecule has 0 heterocycles. The molecule has 104 valence electrons. The maximum atomic E-state index is 9.04. The summed E-state index contributed by atoms with van der Waals surface area (Å²) in [5.74, 6) is 5.96. The van der Waals surface area contributed by atoms with Crippen LogP contribution in [0.1, 0.15) is 31.9 Å². The standard InChI is InChI=1S/C12H18Cl2N2O.ClH/c1-12(2,3)16(15)6-9-10(13)4-8(7-17)5-11(9)14;/h4-5,17H,6-7,15H2,1-3H3;1H. The highest BCUT2D eigenvalue weighted by molar-refractivity contribution is 6.36. The van der Waals surface area contributed by atoms with Gasteiger partial charge in [-0.15, -0.1) is 12.4 Å². The molecule has 0 amide bonds. The molecule has 0 unspecified atom stereocenters. The van der Waals surface area contributed by atoms with Crippen LogP contribution in [0.4, 0.5) is 0 Å². The van der Waals surface area contributed by atoms with Crippen molar-refractivity contribution in [2.45, 2.75) is 39.5 Å². The molecular formula is C12H19Cl3N2O. The topological polar surface area (TPSA) is 49.5 Å². The van der Waals surface area contributed by atoms with Crippen LogP contribution in [0.3, 0.4) is 0 Å². The number of nitrogens with zero attached hydrogens (tertiary/aromatic N) is 1. The number of aliphatic hydroxyl groups is 1. The van der Waals surface area contributed by atoms with Gasteiger partial charge in [0.2, 0.25) is 0 Å². The van der Waals surface area contributed by atoms with E-state index >= 15 is 0 Å². The van der Waals surface area contributed by atoms with Gasteiger partial charge in [-0.05, 0) is 38.5 Å². The van der Waals surface area contributed by atoms with E-state index < -0.39 is 0 Å². The SMILES string of the molecule is CC(C)(C)N(N)Cc1c(Cl)cc(CO)cc1Cl.Cl. The lowest BCUT2D eigenvalue weighted by atomic mass is 10.1. The van der Waals surface area contributed by atoms with Gasteiger partial charge in [0.1, 0.15) is 0 Å². The maximum Gasteiger partial charge on any atom is 0.0682 e. The second-order valence-electron chi connectivity index (χ2n) is 4.99. The van der Waals surface area contributed by atoms with E-state index in [0.717, 1.165) is 5.56 Å². The van der Waals surface area contributed by atoms with Crippen LogP contribution < -0.4 is 5.84 Å². The average Bonchev–Trinajstić information content (AvgIpc) is 2.21. The summed E-state index contributed by atoms with van der Waals surface area (Å²) in [5, 5.41) is 11.8.